The third-order valence-corrected chi connectivity index (χ3v) is 8.35. The molecule has 4 aromatic rings. The van der Waals surface area contributed by atoms with Crippen LogP contribution in [-0.4, -0.2) is 46.4 Å². The summed E-state index contributed by atoms with van der Waals surface area (Å²) in [5, 5.41) is 19.6. The number of rotatable bonds is 8. The first kappa shape index (κ1) is 34.6. The van der Waals surface area contributed by atoms with Crippen LogP contribution >= 0.6 is 23.2 Å². The fourth-order valence-corrected chi connectivity index (χ4v) is 5.92. The SMILES string of the molecule is COC(=O)CCC1CCCCC1NC(=O)c1c(C)noc1-c1c(F)cccc1Cl.Cc1noc(-c2c(F)cccc2Cl)c1C(=O)O. The Morgan fingerprint density at radius 2 is 1.43 bits per heavy atom. The Bertz CT molecular complexity index is 1700. The summed E-state index contributed by atoms with van der Waals surface area (Å²) in [5.74, 6) is -3.10. The van der Waals surface area contributed by atoms with E-state index in [1.54, 1.807) is 6.92 Å². The minimum Gasteiger partial charge on any atom is -0.477 e. The van der Waals surface area contributed by atoms with Crippen LogP contribution in [0.3, 0.4) is 0 Å². The number of amides is 1. The van der Waals surface area contributed by atoms with Crippen molar-refractivity contribution in [2.45, 2.75) is 58.4 Å². The van der Waals surface area contributed by atoms with Crippen molar-refractivity contribution in [3.05, 3.63) is 80.6 Å². The van der Waals surface area contributed by atoms with Crippen LogP contribution in [0.4, 0.5) is 8.78 Å². The van der Waals surface area contributed by atoms with E-state index < -0.39 is 17.6 Å². The molecule has 2 aromatic carbocycles. The standard InChI is InChI=1S/C21H24ClFN2O4.C11H7ClFNO3/c1-12-18(20(29-25-12)19-14(22)7-5-8-15(19)23)21(27)24-16-9-4-3-6-13(16)10-11-17(26)28-2;1-5-8(11(15)16)10(17-14-5)9-6(12)3-2-4-7(9)13/h5,7-8,13,16H,3-4,6,9-11H2,1-2H3,(H,24,27);2-4H,1H3,(H,15,16). The quantitative estimate of drug-likeness (QED) is 0.178. The van der Waals surface area contributed by atoms with Crippen molar-refractivity contribution in [2.24, 2.45) is 5.92 Å². The highest BCUT2D eigenvalue weighted by atomic mass is 35.5. The van der Waals surface area contributed by atoms with Crippen molar-refractivity contribution in [3.8, 4) is 22.6 Å². The number of hydrogen-bond donors (Lipinski definition) is 2. The van der Waals surface area contributed by atoms with Gasteiger partial charge in [-0.1, -0.05) is 58.5 Å². The molecule has 0 saturated heterocycles. The zero-order valence-corrected chi connectivity index (χ0v) is 26.7. The van der Waals surface area contributed by atoms with E-state index in [9.17, 15) is 23.2 Å². The molecule has 2 unspecified atom stereocenters. The second-order valence-corrected chi connectivity index (χ2v) is 11.5. The summed E-state index contributed by atoms with van der Waals surface area (Å²) in [4.78, 5) is 35.6. The van der Waals surface area contributed by atoms with Crippen molar-refractivity contribution in [2.75, 3.05) is 7.11 Å². The molecule has 0 spiro atoms. The number of carbonyl (C=O) groups is 3. The number of benzene rings is 2. The Morgan fingerprint density at radius 1 is 0.913 bits per heavy atom. The monoisotopic (exact) mass is 677 g/mol. The Hall–Kier alpha value is -4.29. The average molecular weight is 679 g/mol. The van der Waals surface area contributed by atoms with Gasteiger partial charge in [-0.25, -0.2) is 13.6 Å². The van der Waals surface area contributed by atoms with Gasteiger partial charge in [0.1, 0.15) is 22.8 Å². The summed E-state index contributed by atoms with van der Waals surface area (Å²) >= 11 is 12.0. The molecule has 1 amide bonds. The number of aryl methyl sites for hydroxylation is 2. The molecule has 1 aliphatic carbocycles. The van der Waals surface area contributed by atoms with E-state index in [1.165, 1.54) is 50.4 Å². The second kappa shape index (κ2) is 15.3. The Balaban J connectivity index is 0.000000240. The molecule has 2 atom stereocenters. The number of hydrogen-bond acceptors (Lipinski definition) is 8. The normalized spacial score (nSPS) is 15.9. The van der Waals surface area contributed by atoms with Gasteiger partial charge in [-0.2, -0.15) is 0 Å². The minimum atomic E-state index is -1.24. The lowest BCUT2D eigenvalue weighted by Crippen LogP contribution is -2.42. The third-order valence-electron chi connectivity index (χ3n) is 7.72. The van der Waals surface area contributed by atoms with E-state index >= 15 is 0 Å². The molecule has 2 heterocycles. The summed E-state index contributed by atoms with van der Waals surface area (Å²) in [6.45, 7) is 3.09. The molecular weight excluding hydrogens is 647 g/mol. The van der Waals surface area contributed by atoms with Crippen LogP contribution in [0.5, 0.6) is 0 Å². The maximum atomic E-state index is 14.4. The lowest BCUT2D eigenvalue weighted by Gasteiger charge is -2.32. The van der Waals surface area contributed by atoms with Gasteiger partial charge in [0.25, 0.3) is 5.91 Å². The lowest BCUT2D eigenvalue weighted by molar-refractivity contribution is -0.141. The molecule has 1 saturated carbocycles. The van der Waals surface area contributed by atoms with E-state index in [2.05, 4.69) is 15.6 Å². The first-order chi connectivity index (χ1) is 21.9. The van der Waals surface area contributed by atoms with E-state index in [1.807, 2.05) is 0 Å². The highest BCUT2D eigenvalue weighted by Crippen LogP contribution is 2.36. The van der Waals surface area contributed by atoms with Crippen LogP contribution in [0, 0.1) is 31.4 Å². The molecule has 244 valence electrons. The number of carbonyl (C=O) groups excluding carboxylic acids is 2. The maximum Gasteiger partial charge on any atom is 0.341 e. The smallest absolute Gasteiger partial charge is 0.341 e. The predicted octanol–water partition coefficient (Wildman–Crippen LogP) is 7.83. The summed E-state index contributed by atoms with van der Waals surface area (Å²) in [6.07, 6.45) is 4.76. The van der Waals surface area contributed by atoms with Gasteiger partial charge in [0.05, 0.1) is 39.7 Å². The summed E-state index contributed by atoms with van der Waals surface area (Å²) < 4.78 is 42.8. The van der Waals surface area contributed by atoms with Crippen LogP contribution in [0.25, 0.3) is 22.6 Å². The van der Waals surface area contributed by atoms with Crippen molar-refractivity contribution >= 4 is 41.0 Å². The zero-order valence-electron chi connectivity index (χ0n) is 25.2. The number of nitrogens with one attached hydrogen (secondary N) is 1. The molecule has 14 heteroatoms. The van der Waals surface area contributed by atoms with E-state index in [0.29, 0.717) is 18.5 Å². The fourth-order valence-electron chi connectivity index (χ4n) is 5.42. The topological polar surface area (TPSA) is 145 Å². The van der Waals surface area contributed by atoms with Gasteiger partial charge in [0, 0.05) is 12.5 Å². The van der Waals surface area contributed by atoms with E-state index in [0.717, 1.165) is 25.7 Å². The second-order valence-electron chi connectivity index (χ2n) is 10.7. The molecule has 10 nitrogen and oxygen atoms in total. The number of aromatic carboxylic acids is 1. The molecular formula is C32H31Cl2F2N3O7. The zero-order chi connectivity index (χ0) is 33.5. The number of ether oxygens (including phenoxy) is 1. The molecule has 0 aliphatic heterocycles. The van der Waals surface area contributed by atoms with Crippen LogP contribution < -0.4 is 5.32 Å². The largest absolute Gasteiger partial charge is 0.477 e. The first-order valence-electron chi connectivity index (χ1n) is 14.4. The van der Waals surface area contributed by atoms with Crippen LogP contribution in [0.15, 0.2) is 45.4 Å². The van der Waals surface area contributed by atoms with E-state index in [4.69, 9.17) is 42.1 Å². The number of aromatic nitrogens is 2. The predicted molar refractivity (Wildman–Crippen MR) is 165 cm³/mol. The number of nitrogens with zero attached hydrogens (tertiary/aromatic N) is 2. The van der Waals surface area contributed by atoms with Gasteiger partial charge in [-0.15, -0.1) is 0 Å². The Kier molecular flexibility index (Phi) is 11.5. The molecule has 2 N–H and O–H groups in total. The van der Waals surface area contributed by atoms with Crippen molar-refractivity contribution in [1.29, 1.82) is 0 Å². The summed E-state index contributed by atoms with van der Waals surface area (Å²) in [6, 6.07) is 8.23. The lowest BCUT2D eigenvalue weighted by atomic mass is 9.81. The highest BCUT2D eigenvalue weighted by molar-refractivity contribution is 6.33. The number of esters is 1. The van der Waals surface area contributed by atoms with Crippen LogP contribution in [-0.2, 0) is 9.53 Å². The highest BCUT2D eigenvalue weighted by Gasteiger charge is 2.31. The van der Waals surface area contributed by atoms with Crippen molar-refractivity contribution in [3.63, 3.8) is 0 Å². The summed E-state index contributed by atoms with van der Waals surface area (Å²) in [7, 11) is 1.37. The van der Waals surface area contributed by atoms with Gasteiger partial charge < -0.3 is 24.2 Å². The van der Waals surface area contributed by atoms with Gasteiger partial charge in [0.15, 0.2) is 11.5 Å². The third kappa shape index (κ3) is 7.73. The molecule has 5 rings (SSSR count). The Labute approximate surface area is 273 Å². The minimum absolute atomic E-state index is 0.0185. The van der Waals surface area contributed by atoms with Crippen LogP contribution in [0.1, 0.15) is 70.6 Å². The van der Waals surface area contributed by atoms with Gasteiger partial charge in [-0.05, 0) is 63.3 Å². The molecule has 2 aromatic heterocycles. The molecule has 1 aliphatic rings. The fraction of sp³-hybridized carbons (Fsp3) is 0.344. The number of carboxylic acid groups (broad SMARTS) is 1. The Morgan fingerprint density at radius 3 is 1.96 bits per heavy atom. The van der Waals surface area contributed by atoms with Crippen molar-refractivity contribution < 1.29 is 42.1 Å². The number of carboxylic acids is 1. The molecule has 0 bridgehead atoms. The van der Waals surface area contributed by atoms with Gasteiger partial charge in [0.2, 0.25) is 0 Å². The number of methoxy groups -OCH3 is 1. The van der Waals surface area contributed by atoms with E-state index in [-0.39, 0.29) is 73.3 Å². The first-order valence-corrected chi connectivity index (χ1v) is 15.1. The molecule has 0 radical (unpaired) electrons. The summed E-state index contributed by atoms with van der Waals surface area (Å²) in [5.41, 5.74) is 0.454. The van der Waals surface area contributed by atoms with Crippen molar-refractivity contribution in [1.82, 2.24) is 15.6 Å². The van der Waals surface area contributed by atoms with Crippen LogP contribution in [0.2, 0.25) is 10.0 Å². The number of halogens is 4. The maximum absolute atomic E-state index is 14.4. The van der Waals surface area contributed by atoms with Gasteiger partial charge >= 0.3 is 11.9 Å². The average Bonchev–Trinajstić information content (AvgIpc) is 3.58. The van der Waals surface area contributed by atoms with Gasteiger partial charge in [-0.3, -0.25) is 9.59 Å². The molecule has 1 fully saturated rings. The molecule has 46 heavy (non-hydrogen) atoms.